The van der Waals surface area contributed by atoms with Crippen molar-refractivity contribution in [1.29, 1.82) is 0 Å². The summed E-state index contributed by atoms with van der Waals surface area (Å²) in [6, 6.07) is 25.0. The molecule has 5 rings (SSSR count). The number of rotatable bonds is 4. The lowest BCUT2D eigenvalue weighted by atomic mass is 10.1. The van der Waals surface area contributed by atoms with Gasteiger partial charge < -0.3 is 4.57 Å². The fourth-order valence-corrected chi connectivity index (χ4v) is 3.76. The van der Waals surface area contributed by atoms with Gasteiger partial charge in [0.1, 0.15) is 5.82 Å². The van der Waals surface area contributed by atoms with Gasteiger partial charge in [-0.25, -0.2) is 0 Å². The Morgan fingerprint density at radius 3 is 2.50 bits per heavy atom. The third-order valence-electron chi connectivity index (χ3n) is 5.16. The van der Waals surface area contributed by atoms with Gasteiger partial charge >= 0.3 is 0 Å². The lowest BCUT2D eigenvalue weighted by Gasteiger charge is -2.27. The molecule has 28 heavy (non-hydrogen) atoms. The van der Waals surface area contributed by atoms with Crippen LogP contribution in [0.15, 0.2) is 79.0 Å². The minimum Gasteiger partial charge on any atom is -0.309 e. The summed E-state index contributed by atoms with van der Waals surface area (Å²) in [7, 11) is 0. The standard InChI is InChI=1S/C23H21N5/c1-2-8-19(9-3-1)23-26-25-22-17-27(13-14-28(22)23)16-18-7-6-10-20(15-18)21-11-4-5-12-24-21/h1-12,15H,13-14,16-17H2. The van der Waals surface area contributed by atoms with Gasteiger partial charge in [0.15, 0.2) is 5.82 Å². The van der Waals surface area contributed by atoms with E-state index < -0.39 is 0 Å². The Kier molecular flexibility index (Phi) is 4.43. The lowest BCUT2D eigenvalue weighted by molar-refractivity contribution is 0.209. The van der Waals surface area contributed by atoms with E-state index in [0.29, 0.717) is 0 Å². The van der Waals surface area contributed by atoms with Crippen LogP contribution in [0.1, 0.15) is 11.4 Å². The highest BCUT2D eigenvalue weighted by Crippen LogP contribution is 2.23. The van der Waals surface area contributed by atoms with Crippen molar-refractivity contribution in [3.63, 3.8) is 0 Å². The van der Waals surface area contributed by atoms with Crippen LogP contribution in [0.4, 0.5) is 0 Å². The number of aromatic nitrogens is 4. The summed E-state index contributed by atoms with van der Waals surface area (Å²) in [5, 5.41) is 8.89. The molecule has 5 heteroatoms. The lowest BCUT2D eigenvalue weighted by Crippen LogP contribution is -2.33. The second-order valence-corrected chi connectivity index (χ2v) is 7.08. The maximum absolute atomic E-state index is 4.46. The van der Waals surface area contributed by atoms with Crippen molar-refractivity contribution in [2.45, 2.75) is 19.6 Å². The summed E-state index contributed by atoms with van der Waals surface area (Å²) >= 11 is 0. The molecule has 0 spiro atoms. The fraction of sp³-hybridized carbons (Fsp3) is 0.174. The van der Waals surface area contributed by atoms with E-state index in [1.54, 1.807) is 0 Å². The quantitative estimate of drug-likeness (QED) is 0.546. The van der Waals surface area contributed by atoms with Crippen LogP contribution in [0.3, 0.4) is 0 Å². The molecule has 0 fully saturated rings. The van der Waals surface area contributed by atoms with Gasteiger partial charge in [-0.05, 0) is 23.8 Å². The Balaban J connectivity index is 1.33. The molecule has 1 aliphatic rings. The first-order valence-electron chi connectivity index (χ1n) is 9.57. The molecule has 0 saturated carbocycles. The zero-order valence-corrected chi connectivity index (χ0v) is 15.6. The van der Waals surface area contributed by atoms with Gasteiger partial charge in [-0.2, -0.15) is 0 Å². The van der Waals surface area contributed by atoms with Gasteiger partial charge in [-0.1, -0.05) is 54.6 Å². The molecule has 0 bridgehead atoms. The van der Waals surface area contributed by atoms with Crippen molar-refractivity contribution in [2.75, 3.05) is 6.54 Å². The molecule has 1 aliphatic heterocycles. The van der Waals surface area contributed by atoms with Crippen molar-refractivity contribution < 1.29 is 0 Å². The monoisotopic (exact) mass is 367 g/mol. The predicted molar refractivity (Wildman–Crippen MR) is 109 cm³/mol. The number of benzene rings is 2. The predicted octanol–water partition coefficient (Wildman–Crippen LogP) is 4.02. The van der Waals surface area contributed by atoms with Crippen LogP contribution >= 0.6 is 0 Å². The summed E-state index contributed by atoms with van der Waals surface area (Å²) < 4.78 is 2.25. The van der Waals surface area contributed by atoms with Gasteiger partial charge in [0, 0.05) is 37.0 Å². The Hall–Kier alpha value is -3.31. The molecule has 3 heterocycles. The minimum absolute atomic E-state index is 0.813. The molecule has 0 radical (unpaired) electrons. The van der Waals surface area contributed by atoms with Crippen molar-refractivity contribution in [1.82, 2.24) is 24.6 Å². The SMILES string of the molecule is c1ccc(-c2nnc3n2CCN(Cc2cccc(-c4ccccn4)c2)C3)cc1. The average molecular weight is 367 g/mol. The molecular formula is C23H21N5. The number of hydrogen-bond acceptors (Lipinski definition) is 4. The first kappa shape index (κ1) is 16.8. The van der Waals surface area contributed by atoms with E-state index in [0.717, 1.165) is 54.6 Å². The van der Waals surface area contributed by atoms with Crippen molar-refractivity contribution >= 4 is 0 Å². The summed E-state index contributed by atoms with van der Waals surface area (Å²) in [5.74, 6) is 2.00. The molecule has 0 atom stereocenters. The van der Waals surface area contributed by atoms with Crippen LogP contribution in [0.2, 0.25) is 0 Å². The number of fused-ring (bicyclic) bond motifs is 1. The van der Waals surface area contributed by atoms with Crippen molar-refractivity contribution in [2.24, 2.45) is 0 Å². The Bertz CT molecular complexity index is 1070. The van der Waals surface area contributed by atoms with Crippen LogP contribution in [0.25, 0.3) is 22.6 Å². The molecule has 4 aromatic rings. The smallest absolute Gasteiger partial charge is 0.164 e. The van der Waals surface area contributed by atoms with Crippen LogP contribution in [0.5, 0.6) is 0 Å². The molecule has 0 unspecified atom stereocenters. The van der Waals surface area contributed by atoms with E-state index in [-0.39, 0.29) is 0 Å². The molecule has 2 aromatic heterocycles. The maximum Gasteiger partial charge on any atom is 0.164 e. The third-order valence-corrected chi connectivity index (χ3v) is 5.16. The number of pyridine rings is 1. The topological polar surface area (TPSA) is 46.8 Å². The normalized spacial score (nSPS) is 14.0. The molecule has 0 amide bonds. The summed E-state index contributed by atoms with van der Waals surface area (Å²) in [6.45, 7) is 3.60. The highest BCUT2D eigenvalue weighted by Gasteiger charge is 2.21. The van der Waals surface area contributed by atoms with Crippen LogP contribution in [-0.2, 0) is 19.6 Å². The van der Waals surface area contributed by atoms with Crippen molar-refractivity contribution in [3.8, 4) is 22.6 Å². The van der Waals surface area contributed by atoms with Gasteiger partial charge in [-0.3, -0.25) is 9.88 Å². The zero-order valence-electron chi connectivity index (χ0n) is 15.6. The zero-order chi connectivity index (χ0) is 18.8. The first-order chi connectivity index (χ1) is 13.9. The number of nitrogens with zero attached hydrogens (tertiary/aromatic N) is 5. The number of hydrogen-bond donors (Lipinski definition) is 0. The van der Waals surface area contributed by atoms with Crippen LogP contribution < -0.4 is 0 Å². The second-order valence-electron chi connectivity index (χ2n) is 7.08. The summed E-state index contributed by atoms with van der Waals surface area (Å²) in [5.41, 5.74) is 4.58. The highest BCUT2D eigenvalue weighted by molar-refractivity contribution is 5.59. The Morgan fingerprint density at radius 1 is 0.786 bits per heavy atom. The van der Waals surface area contributed by atoms with Gasteiger partial charge in [0.2, 0.25) is 0 Å². The summed E-state index contributed by atoms with van der Waals surface area (Å²) in [4.78, 5) is 6.89. The van der Waals surface area contributed by atoms with E-state index in [1.807, 2.05) is 42.6 Å². The van der Waals surface area contributed by atoms with E-state index >= 15 is 0 Å². The fourth-order valence-electron chi connectivity index (χ4n) is 3.76. The van der Waals surface area contributed by atoms with E-state index in [1.165, 1.54) is 5.56 Å². The van der Waals surface area contributed by atoms with Gasteiger partial charge in [0.25, 0.3) is 0 Å². The summed E-state index contributed by atoms with van der Waals surface area (Å²) in [6.07, 6.45) is 1.84. The molecule has 5 nitrogen and oxygen atoms in total. The van der Waals surface area contributed by atoms with Gasteiger partial charge in [0.05, 0.1) is 12.2 Å². The first-order valence-corrected chi connectivity index (χ1v) is 9.57. The Labute approximate surface area is 164 Å². The van der Waals surface area contributed by atoms with Crippen LogP contribution in [0, 0.1) is 0 Å². The Morgan fingerprint density at radius 2 is 1.64 bits per heavy atom. The molecule has 2 aromatic carbocycles. The third kappa shape index (κ3) is 3.32. The van der Waals surface area contributed by atoms with Crippen molar-refractivity contribution in [3.05, 3.63) is 90.4 Å². The largest absolute Gasteiger partial charge is 0.309 e. The van der Waals surface area contributed by atoms with E-state index in [9.17, 15) is 0 Å². The van der Waals surface area contributed by atoms with Crippen LogP contribution in [-0.4, -0.2) is 31.2 Å². The van der Waals surface area contributed by atoms with E-state index in [4.69, 9.17) is 0 Å². The molecule has 0 saturated heterocycles. The van der Waals surface area contributed by atoms with E-state index in [2.05, 4.69) is 61.0 Å². The second kappa shape index (κ2) is 7.37. The minimum atomic E-state index is 0.813. The maximum atomic E-state index is 4.46. The van der Waals surface area contributed by atoms with Gasteiger partial charge in [-0.15, -0.1) is 10.2 Å². The molecule has 0 N–H and O–H groups in total. The molecular weight excluding hydrogens is 346 g/mol. The molecule has 0 aliphatic carbocycles. The highest BCUT2D eigenvalue weighted by atomic mass is 15.3. The average Bonchev–Trinajstić information content (AvgIpc) is 3.18. The molecule has 138 valence electrons.